The molecular formula is C14H14N4S. The lowest BCUT2D eigenvalue weighted by molar-refractivity contribution is 0.662. The third-order valence-corrected chi connectivity index (χ3v) is 4.33. The lowest BCUT2D eigenvalue weighted by Crippen LogP contribution is -2.10. The van der Waals surface area contributed by atoms with E-state index in [2.05, 4.69) is 27.2 Å². The van der Waals surface area contributed by atoms with E-state index >= 15 is 0 Å². The van der Waals surface area contributed by atoms with Gasteiger partial charge in [0.15, 0.2) is 0 Å². The number of aromatic nitrogens is 3. The van der Waals surface area contributed by atoms with E-state index in [0.717, 1.165) is 21.6 Å². The highest BCUT2D eigenvalue weighted by Crippen LogP contribution is 2.29. The van der Waals surface area contributed by atoms with E-state index in [-0.39, 0.29) is 0 Å². The monoisotopic (exact) mass is 270 g/mol. The van der Waals surface area contributed by atoms with E-state index in [1.54, 1.807) is 23.7 Å². The first kappa shape index (κ1) is 12.2. The number of rotatable bonds is 3. The number of thiazole rings is 1. The summed E-state index contributed by atoms with van der Waals surface area (Å²) >= 11 is 1.71. The van der Waals surface area contributed by atoms with Crippen LogP contribution in [0.15, 0.2) is 36.8 Å². The van der Waals surface area contributed by atoms with Crippen LogP contribution in [0, 0.1) is 0 Å². The maximum atomic E-state index is 4.49. The maximum absolute atomic E-state index is 4.49. The first-order valence-electron chi connectivity index (χ1n) is 6.12. The molecule has 2 heterocycles. The van der Waals surface area contributed by atoms with Crippen LogP contribution < -0.4 is 5.32 Å². The molecule has 3 rings (SSSR count). The zero-order valence-corrected chi connectivity index (χ0v) is 11.6. The Labute approximate surface area is 115 Å². The van der Waals surface area contributed by atoms with E-state index in [4.69, 9.17) is 0 Å². The van der Waals surface area contributed by atoms with Crippen LogP contribution in [-0.2, 0) is 0 Å². The highest BCUT2D eigenvalue weighted by atomic mass is 32.1. The zero-order valence-electron chi connectivity index (χ0n) is 10.8. The van der Waals surface area contributed by atoms with E-state index in [0.29, 0.717) is 6.04 Å². The molecule has 0 aliphatic carbocycles. The summed E-state index contributed by atoms with van der Waals surface area (Å²) in [4.78, 5) is 14.3. The standard InChI is InChI=1S/C14H14N4S/c1-9(15-2)13-8-18-14(19-13)10-3-4-11-12(7-10)17-6-5-16-11/h3-9,15H,1-2H3. The molecule has 0 fully saturated rings. The molecule has 0 bridgehead atoms. The zero-order chi connectivity index (χ0) is 13.2. The second kappa shape index (κ2) is 5.03. The molecule has 0 saturated heterocycles. The summed E-state index contributed by atoms with van der Waals surface area (Å²) in [5.41, 5.74) is 2.90. The molecule has 2 aromatic heterocycles. The van der Waals surface area contributed by atoms with E-state index in [1.807, 2.05) is 31.4 Å². The van der Waals surface area contributed by atoms with Gasteiger partial charge in [-0.15, -0.1) is 11.3 Å². The van der Waals surface area contributed by atoms with E-state index in [1.165, 1.54) is 4.88 Å². The normalized spacial score (nSPS) is 12.7. The average molecular weight is 270 g/mol. The fraction of sp³-hybridized carbons (Fsp3) is 0.214. The molecule has 3 aromatic rings. The van der Waals surface area contributed by atoms with Crippen molar-refractivity contribution in [3.8, 4) is 10.6 Å². The average Bonchev–Trinajstić information content (AvgIpc) is 2.95. The Hall–Kier alpha value is -1.85. The van der Waals surface area contributed by atoms with Crippen molar-refractivity contribution in [1.82, 2.24) is 20.3 Å². The smallest absolute Gasteiger partial charge is 0.123 e. The van der Waals surface area contributed by atoms with Gasteiger partial charge in [-0.1, -0.05) is 0 Å². The highest BCUT2D eigenvalue weighted by molar-refractivity contribution is 7.15. The van der Waals surface area contributed by atoms with Gasteiger partial charge in [0, 0.05) is 35.1 Å². The Balaban J connectivity index is 2.01. The summed E-state index contributed by atoms with van der Waals surface area (Å²) in [5.74, 6) is 0. The minimum atomic E-state index is 0.325. The summed E-state index contributed by atoms with van der Waals surface area (Å²) in [6.07, 6.45) is 5.35. The van der Waals surface area contributed by atoms with Crippen molar-refractivity contribution in [3.63, 3.8) is 0 Å². The number of nitrogens with zero attached hydrogens (tertiary/aromatic N) is 3. The minimum Gasteiger partial charge on any atom is -0.312 e. The van der Waals surface area contributed by atoms with Gasteiger partial charge in [0.05, 0.1) is 11.0 Å². The van der Waals surface area contributed by atoms with Crippen LogP contribution in [0.3, 0.4) is 0 Å². The number of hydrogen-bond acceptors (Lipinski definition) is 5. The van der Waals surface area contributed by atoms with Crippen molar-refractivity contribution >= 4 is 22.4 Å². The molecule has 0 aliphatic heterocycles. The predicted molar refractivity (Wildman–Crippen MR) is 78.1 cm³/mol. The van der Waals surface area contributed by atoms with Crippen molar-refractivity contribution in [3.05, 3.63) is 41.7 Å². The van der Waals surface area contributed by atoms with Gasteiger partial charge in [-0.25, -0.2) is 4.98 Å². The predicted octanol–water partition coefficient (Wildman–Crippen LogP) is 3.03. The molecule has 0 saturated carbocycles. The van der Waals surface area contributed by atoms with Gasteiger partial charge in [0.1, 0.15) is 5.01 Å². The third-order valence-electron chi connectivity index (χ3n) is 3.10. The molecular weight excluding hydrogens is 256 g/mol. The Morgan fingerprint density at radius 1 is 1.11 bits per heavy atom. The highest BCUT2D eigenvalue weighted by Gasteiger charge is 2.10. The summed E-state index contributed by atoms with van der Waals surface area (Å²) in [5, 5.41) is 4.24. The summed E-state index contributed by atoms with van der Waals surface area (Å²) in [6.45, 7) is 2.13. The van der Waals surface area contributed by atoms with Gasteiger partial charge in [-0.3, -0.25) is 9.97 Å². The number of benzene rings is 1. The van der Waals surface area contributed by atoms with Crippen LogP contribution in [0.4, 0.5) is 0 Å². The van der Waals surface area contributed by atoms with Crippen molar-refractivity contribution in [2.45, 2.75) is 13.0 Å². The van der Waals surface area contributed by atoms with Crippen molar-refractivity contribution in [2.24, 2.45) is 0 Å². The molecule has 0 aliphatic rings. The summed E-state index contributed by atoms with van der Waals surface area (Å²) in [6, 6.07) is 6.39. The van der Waals surface area contributed by atoms with E-state index in [9.17, 15) is 0 Å². The minimum absolute atomic E-state index is 0.325. The Morgan fingerprint density at radius 2 is 1.89 bits per heavy atom. The van der Waals surface area contributed by atoms with Crippen LogP contribution in [0.5, 0.6) is 0 Å². The molecule has 1 atom stereocenters. The fourth-order valence-corrected chi connectivity index (χ4v) is 2.83. The summed E-state index contributed by atoms with van der Waals surface area (Å²) < 4.78 is 0. The van der Waals surface area contributed by atoms with Crippen LogP contribution in [0.2, 0.25) is 0 Å². The van der Waals surface area contributed by atoms with Crippen LogP contribution in [0.25, 0.3) is 21.6 Å². The fourth-order valence-electron chi connectivity index (χ4n) is 1.86. The van der Waals surface area contributed by atoms with Crippen molar-refractivity contribution in [2.75, 3.05) is 7.05 Å². The maximum Gasteiger partial charge on any atom is 0.123 e. The lowest BCUT2D eigenvalue weighted by Gasteiger charge is -2.04. The van der Waals surface area contributed by atoms with Gasteiger partial charge in [0.2, 0.25) is 0 Å². The van der Waals surface area contributed by atoms with Gasteiger partial charge >= 0.3 is 0 Å². The molecule has 0 amide bonds. The summed E-state index contributed by atoms with van der Waals surface area (Å²) in [7, 11) is 1.95. The van der Waals surface area contributed by atoms with Crippen molar-refractivity contribution < 1.29 is 0 Å². The molecule has 1 N–H and O–H groups in total. The van der Waals surface area contributed by atoms with Gasteiger partial charge in [-0.05, 0) is 32.2 Å². The third kappa shape index (κ3) is 2.34. The first-order chi connectivity index (χ1) is 9.28. The molecule has 0 spiro atoms. The Bertz CT molecular complexity index is 707. The largest absolute Gasteiger partial charge is 0.312 e. The van der Waals surface area contributed by atoms with Gasteiger partial charge in [-0.2, -0.15) is 0 Å². The van der Waals surface area contributed by atoms with Crippen molar-refractivity contribution in [1.29, 1.82) is 0 Å². The lowest BCUT2D eigenvalue weighted by atomic mass is 10.2. The number of fused-ring (bicyclic) bond motifs is 1. The molecule has 96 valence electrons. The van der Waals surface area contributed by atoms with E-state index < -0.39 is 0 Å². The van der Waals surface area contributed by atoms with Crippen LogP contribution >= 0.6 is 11.3 Å². The second-order valence-corrected chi connectivity index (χ2v) is 5.40. The Kier molecular flexibility index (Phi) is 3.23. The quantitative estimate of drug-likeness (QED) is 0.794. The van der Waals surface area contributed by atoms with Crippen LogP contribution in [0.1, 0.15) is 17.8 Å². The molecule has 1 aromatic carbocycles. The molecule has 19 heavy (non-hydrogen) atoms. The topological polar surface area (TPSA) is 50.7 Å². The van der Waals surface area contributed by atoms with Crippen LogP contribution in [-0.4, -0.2) is 22.0 Å². The number of nitrogens with one attached hydrogen (secondary N) is 1. The molecule has 5 heteroatoms. The molecule has 4 nitrogen and oxygen atoms in total. The number of hydrogen-bond donors (Lipinski definition) is 1. The second-order valence-electron chi connectivity index (χ2n) is 4.34. The van der Waals surface area contributed by atoms with Gasteiger partial charge < -0.3 is 5.32 Å². The molecule has 1 unspecified atom stereocenters. The SMILES string of the molecule is CNC(C)c1cnc(-c2ccc3nccnc3c2)s1. The molecule has 0 radical (unpaired) electrons. The first-order valence-corrected chi connectivity index (χ1v) is 6.93. The Morgan fingerprint density at radius 3 is 2.68 bits per heavy atom. The van der Waals surface area contributed by atoms with Gasteiger partial charge in [0.25, 0.3) is 0 Å².